The maximum atomic E-state index is 9.78. The van der Waals surface area contributed by atoms with Gasteiger partial charge in [-0.15, -0.1) is 0 Å². The lowest BCUT2D eigenvalue weighted by Crippen LogP contribution is -1.85. The minimum Gasteiger partial charge on any atom is -0.461 e. The zero-order valence-electron chi connectivity index (χ0n) is 9.04. The fourth-order valence-electron chi connectivity index (χ4n) is 1.40. The van der Waals surface area contributed by atoms with E-state index in [1.807, 2.05) is 0 Å². The van der Waals surface area contributed by atoms with Gasteiger partial charge in [0.15, 0.2) is 0 Å². The molecule has 0 saturated heterocycles. The van der Waals surface area contributed by atoms with Gasteiger partial charge in [-0.05, 0) is 12.8 Å². The lowest BCUT2D eigenvalue weighted by Gasteiger charge is -2.00. The van der Waals surface area contributed by atoms with Crippen LogP contribution in [0.5, 0.6) is 0 Å². The highest BCUT2D eigenvalue weighted by atomic mass is 16.5. The first-order chi connectivity index (χ1) is 6.91. The van der Waals surface area contributed by atoms with Crippen LogP contribution >= 0.6 is 0 Å². The number of carbonyl (C=O) groups is 1. The first kappa shape index (κ1) is 13.5. The second-order valence-electron chi connectivity index (χ2n) is 3.52. The van der Waals surface area contributed by atoms with Gasteiger partial charge in [0.1, 0.15) is 6.61 Å². The van der Waals surface area contributed by atoms with Crippen molar-refractivity contribution < 1.29 is 9.53 Å². The highest BCUT2D eigenvalue weighted by Crippen LogP contribution is 2.09. The summed E-state index contributed by atoms with van der Waals surface area (Å²) in [4.78, 5) is 9.78. The smallest absolute Gasteiger partial charge is 0.293 e. The first-order valence-electron chi connectivity index (χ1n) is 5.62. The summed E-state index contributed by atoms with van der Waals surface area (Å²) in [6.45, 7) is 5.87. The fraction of sp³-hybridized carbons (Fsp3) is 0.750. The third-order valence-corrected chi connectivity index (χ3v) is 2.22. The number of ether oxygens (including phenoxy) is 1. The number of rotatable bonds is 11. The van der Waals surface area contributed by atoms with E-state index in [4.69, 9.17) is 0 Å². The maximum absolute atomic E-state index is 9.78. The molecule has 0 bridgehead atoms. The topological polar surface area (TPSA) is 26.3 Å². The summed E-state index contributed by atoms with van der Waals surface area (Å²) in [6.07, 6.45) is 10.9. The van der Waals surface area contributed by atoms with E-state index < -0.39 is 0 Å². The van der Waals surface area contributed by atoms with Crippen molar-refractivity contribution in [1.82, 2.24) is 0 Å². The molecule has 0 heterocycles. The van der Waals surface area contributed by atoms with Gasteiger partial charge < -0.3 is 4.74 Å². The summed E-state index contributed by atoms with van der Waals surface area (Å²) in [5, 5.41) is 0. The average Bonchev–Trinajstić information content (AvgIpc) is 2.21. The van der Waals surface area contributed by atoms with Gasteiger partial charge in [-0.25, -0.2) is 0 Å². The minimum absolute atomic E-state index is 0.471. The van der Waals surface area contributed by atoms with Crippen LogP contribution in [-0.2, 0) is 9.53 Å². The molecule has 0 saturated carbocycles. The van der Waals surface area contributed by atoms with Crippen LogP contribution in [0, 0.1) is 13.5 Å². The van der Waals surface area contributed by atoms with Crippen molar-refractivity contribution in [3.05, 3.63) is 13.5 Å². The Morgan fingerprint density at radius 2 is 1.50 bits per heavy atom. The molecule has 0 atom stereocenters. The van der Waals surface area contributed by atoms with E-state index in [0.29, 0.717) is 6.47 Å². The molecule has 0 fully saturated rings. The van der Waals surface area contributed by atoms with Crippen molar-refractivity contribution in [2.75, 3.05) is 0 Å². The van der Waals surface area contributed by atoms with E-state index in [9.17, 15) is 4.79 Å². The van der Waals surface area contributed by atoms with E-state index in [1.54, 1.807) is 6.61 Å². The second-order valence-corrected chi connectivity index (χ2v) is 3.52. The molecule has 0 aromatic carbocycles. The van der Waals surface area contributed by atoms with Crippen molar-refractivity contribution >= 4 is 6.47 Å². The van der Waals surface area contributed by atoms with Gasteiger partial charge in [-0.3, -0.25) is 4.79 Å². The van der Waals surface area contributed by atoms with Crippen LogP contribution in [0.25, 0.3) is 0 Å². The average molecular weight is 198 g/mol. The molecule has 0 unspecified atom stereocenters. The number of carbonyl (C=O) groups excluding carboxylic acids is 1. The molecule has 2 heteroatoms. The molecule has 0 aliphatic carbocycles. The molecular weight excluding hydrogens is 176 g/mol. The molecule has 0 N–H and O–H groups in total. The zero-order valence-corrected chi connectivity index (χ0v) is 9.04. The van der Waals surface area contributed by atoms with Crippen LogP contribution in [0.3, 0.4) is 0 Å². The van der Waals surface area contributed by atoms with E-state index in [0.717, 1.165) is 19.3 Å². The summed E-state index contributed by atoms with van der Waals surface area (Å²) < 4.78 is 4.48. The molecule has 2 radical (unpaired) electrons. The fourth-order valence-corrected chi connectivity index (χ4v) is 1.40. The summed E-state index contributed by atoms with van der Waals surface area (Å²) in [5.74, 6) is 0. The lowest BCUT2D eigenvalue weighted by molar-refractivity contribution is -0.125. The van der Waals surface area contributed by atoms with Crippen molar-refractivity contribution in [1.29, 1.82) is 0 Å². The monoisotopic (exact) mass is 198 g/mol. The van der Waals surface area contributed by atoms with Gasteiger partial charge in [0.05, 0.1) is 0 Å². The third-order valence-electron chi connectivity index (χ3n) is 2.22. The molecular formula is C12H22O2. The van der Waals surface area contributed by atoms with Crippen LogP contribution in [0.1, 0.15) is 57.8 Å². The normalized spacial score (nSPS) is 10.1. The van der Waals surface area contributed by atoms with E-state index in [-0.39, 0.29) is 0 Å². The molecule has 0 amide bonds. The Morgan fingerprint density at radius 3 is 2.07 bits per heavy atom. The standard InChI is InChI=1S/C12H22O2/c1-2-3-4-5-6-7-8-9-10-11-14-12-13/h11-12H,1-10H2. The van der Waals surface area contributed by atoms with Gasteiger partial charge in [0, 0.05) is 0 Å². The molecule has 0 aromatic heterocycles. The summed E-state index contributed by atoms with van der Waals surface area (Å²) in [5.41, 5.74) is 0. The zero-order chi connectivity index (χ0) is 10.5. The van der Waals surface area contributed by atoms with Crippen LogP contribution < -0.4 is 0 Å². The van der Waals surface area contributed by atoms with Gasteiger partial charge in [-0.2, -0.15) is 0 Å². The molecule has 0 spiro atoms. The quantitative estimate of drug-likeness (QED) is 0.374. The summed E-state index contributed by atoms with van der Waals surface area (Å²) in [7, 11) is 0. The third kappa shape index (κ3) is 11.5. The predicted octanol–water partition coefficient (Wildman–Crippen LogP) is 3.67. The highest BCUT2D eigenvalue weighted by molar-refractivity contribution is 5.37. The van der Waals surface area contributed by atoms with Gasteiger partial charge in [-0.1, -0.05) is 51.9 Å². The molecule has 0 rings (SSSR count). The van der Waals surface area contributed by atoms with Crippen molar-refractivity contribution in [3.8, 4) is 0 Å². The largest absolute Gasteiger partial charge is 0.461 e. The Hall–Kier alpha value is -0.530. The Kier molecular flexibility index (Phi) is 12.0. The van der Waals surface area contributed by atoms with E-state index in [2.05, 4.69) is 11.7 Å². The maximum Gasteiger partial charge on any atom is 0.293 e. The molecule has 0 aromatic rings. The van der Waals surface area contributed by atoms with Crippen LogP contribution in [0.15, 0.2) is 0 Å². The molecule has 14 heavy (non-hydrogen) atoms. The Morgan fingerprint density at radius 1 is 0.929 bits per heavy atom. The predicted molar refractivity (Wildman–Crippen MR) is 58.4 cm³/mol. The Labute approximate surface area is 88.0 Å². The van der Waals surface area contributed by atoms with Crippen molar-refractivity contribution in [3.63, 3.8) is 0 Å². The SMILES string of the molecule is [CH2]CCCCCCCCC[CH]OC=O. The van der Waals surface area contributed by atoms with Crippen molar-refractivity contribution in [2.45, 2.75) is 57.8 Å². The van der Waals surface area contributed by atoms with Crippen molar-refractivity contribution in [2.24, 2.45) is 0 Å². The minimum atomic E-state index is 0.471. The Bertz CT molecular complexity index is 113. The van der Waals surface area contributed by atoms with Gasteiger partial charge in [0.25, 0.3) is 6.47 Å². The lowest BCUT2D eigenvalue weighted by atomic mass is 10.1. The van der Waals surface area contributed by atoms with Gasteiger partial charge in [0.2, 0.25) is 0 Å². The van der Waals surface area contributed by atoms with Crippen LogP contribution in [0.4, 0.5) is 0 Å². The molecule has 0 aliphatic heterocycles. The summed E-state index contributed by atoms with van der Waals surface area (Å²) >= 11 is 0. The first-order valence-corrected chi connectivity index (χ1v) is 5.62. The van der Waals surface area contributed by atoms with Gasteiger partial charge >= 0.3 is 0 Å². The number of unbranched alkanes of at least 4 members (excludes halogenated alkanes) is 8. The highest BCUT2D eigenvalue weighted by Gasteiger charge is 1.92. The molecule has 82 valence electrons. The summed E-state index contributed by atoms with van der Waals surface area (Å²) in [6, 6.07) is 0. The van der Waals surface area contributed by atoms with Crippen LogP contribution in [-0.4, -0.2) is 6.47 Å². The van der Waals surface area contributed by atoms with E-state index >= 15 is 0 Å². The number of hydrogen-bond donors (Lipinski definition) is 0. The molecule has 2 nitrogen and oxygen atoms in total. The van der Waals surface area contributed by atoms with Crippen LogP contribution in [0.2, 0.25) is 0 Å². The molecule has 0 aliphatic rings. The van der Waals surface area contributed by atoms with E-state index in [1.165, 1.54) is 38.5 Å². The number of hydrogen-bond acceptors (Lipinski definition) is 2. The second kappa shape index (κ2) is 12.5. The Balaban J connectivity index is 2.81.